The minimum atomic E-state index is 0.592. The second-order valence-electron chi connectivity index (χ2n) is 4.21. The van der Waals surface area contributed by atoms with Crippen LogP contribution in [0.4, 0.5) is 5.00 Å². The number of piperidine rings is 1. The van der Waals surface area contributed by atoms with Crippen molar-refractivity contribution in [1.29, 1.82) is 0 Å². The maximum absolute atomic E-state index is 5.43. The van der Waals surface area contributed by atoms with Crippen molar-refractivity contribution in [2.75, 3.05) is 25.6 Å². The van der Waals surface area contributed by atoms with Crippen molar-refractivity contribution >= 4 is 16.3 Å². The van der Waals surface area contributed by atoms with Gasteiger partial charge in [0.05, 0.1) is 10.7 Å². The van der Waals surface area contributed by atoms with E-state index in [1.807, 2.05) is 6.92 Å². The largest absolute Gasteiger partial charge is 0.314 e. The van der Waals surface area contributed by atoms with Crippen LogP contribution in [-0.4, -0.2) is 30.0 Å². The molecule has 15 heavy (non-hydrogen) atoms. The molecule has 2 heterocycles. The van der Waals surface area contributed by atoms with E-state index in [-0.39, 0.29) is 0 Å². The Morgan fingerprint density at radius 3 is 3.00 bits per heavy atom. The lowest BCUT2D eigenvalue weighted by molar-refractivity contribution is 0.250. The molecule has 0 aromatic carbocycles. The smallest absolute Gasteiger partial charge is 0.126 e. The number of nitrogen functional groups attached to an aromatic ring is 1. The summed E-state index contributed by atoms with van der Waals surface area (Å²) in [5.74, 6) is 6.02. The fourth-order valence-corrected chi connectivity index (χ4v) is 3.10. The van der Waals surface area contributed by atoms with E-state index in [0.717, 1.165) is 17.2 Å². The Labute approximate surface area is 94.5 Å². The number of nitrogens with one attached hydrogen (secondary N) is 1. The Morgan fingerprint density at radius 2 is 2.40 bits per heavy atom. The number of hydrogen-bond donors (Lipinski definition) is 2. The molecule has 0 spiro atoms. The molecule has 1 saturated heterocycles. The number of aryl methyl sites for hydroxylation is 1. The summed E-state index contributed by atoms with van der Waals surface area (Å²) in [5, 5.41) is 2.23. The van der Waals surface area contributed by atoms with Crippen molar-refractivity contribution in [2.24, 2.45) is 5.84 Å². The number of aromatic nitrogens is 1. The first-order valence-corrected chi connectivity index (χ1v) is 6.15. The number of hydrogen-bond acceptors (Lipinski definition) is 5. The average Bonchev–Trinajstić information content (AvgIpc) is 2.60. The van der Waals surface area contributed by atoms with E-state index in [1.165, 1.54) is 24.4 Å². The van der Waals surface area contributed by atoms with Gasteiger partial charge in [0.25, 0.3) is 0 Å². The minimum absolute atomic E-state index is 0.592. The molecular formula is C10H18N4S. The zero-order valence-electron chi connectivity index (χ0n) is 9.29. The Morgan fingerprint density at radius 1 is 1.60 bits per heavy atom. The molecule has 0 amide bonds. The highest BCUT2D eigenvalue weighted by Crippen LogP contribution is 2.33. The van der Waals surface area contributed by atoms with Crippen LogP contribution < -0.4 is 11.3 Å². The highest BCUT2D eigenvalue weighted by Gasteiger charge is 2.22. The summed E-state index contributed by atoms with van der Waals surface area (Å²) in [4.78, 5) is 6.96. The number of nitrogens with zero attached hydrogens (tertiary/aromatic N) is 2. The number of likely N-dealkylation sites (N-methyl/N-ethyl adjacent to an activating group) is 1. The Hall–Kier alpha value is -0.650. The first-order chi connectivity index (χ1) is 7.20. The van der Waals surface area contributed by atoms with Gasteiger partial charge in [0.1, 0.15) is 5.00 Å². The van der Waals surface area contributed by atoms with Gasteiger partial charge >= 0.3 is 0 Å². The van der Waals surface area contributed by atoms with Crippen LogP contribution in [0.5, 0.6) is 0 Å². The van der Waals surface area contributed by atoms with Gasteiger partial charge in [-0.15, -0.1) is 0 Å². The van der Waals surface area contributed by atoms with E-state index < -0.39 is 0 Å². The molecule has 1 aromatic rings. The molecule has 0 radical (unpaired) electrons. The predicted octanol–water partition coefficient (Wildman–Crippen LogP) is 1.55. The number of thiazole rings is 1. The van der Waals surface area contributed by atoms with Crippen molar-refractivity contribution in [3.05, 3.63) is 10.7 Å². The molecule has 0 bridgehead atoms. The number of anilines is 1. The van der Waals surface area contributed by atoms with Gasteiger partial charge in [-0.2, -0.15) is 0 Å². The second-order valence-corrected chi connectivity index (χ2v) is 5.24. The molecule has 84 valence electrons. The molecule has 2 rings (SSSR count). The molecule has 5 heteroatoms. The summed E-state index contributed by atoms with van der Waals surface area (Å²) >= 11 is 1.69. The van der Waals surface area contributed by atoms with E-state index in [2.05, 4.69) is 22.4 Å². The average molecular weight is 226 g/mol. The van der Waals surface area contributed by atoms with E-state index in [4.69, 9.17) is 5.84 Å². The maximum atomic E-state index is 5.43. The van der Waals surface area contributed by atoms with E-state index >= 15 is 0 Å². The topological polar surface area (TPSA) is 54.2 Å². The van der Waals surface area contributed by atoms with Crippen molar-refractivity contribution in [2.45, 2.75) is 25.7 Å². The van der Waals surface area contributed by atoms with Crippen LogP contribution in [0.2, 0.25) is 0 Å². The number of rotatable bonds is 2. The lowest BCUT2D eigenvalue weighted by Crippen LogP contribution is -2.30. The molecule has 1 aliphatic rings. The minimum Gasteiger partial charge on any atom is -0.314 e. The van der Waals surface area contributed by atoms with Crippen molar-refractivity contribution in [1.82, 2.24) is 9.88 Å². The summed E-state index contributed by atoms with van der Waals surface area (Å²) in [7, 11) is 2.18. The zero-order chi connectivity index (χ0) is 10.8. The molecule has 0 saturated carbocycles. The highest BCUT2D eigenvalue weighted by atomic mass is 32.1. The third kappa shape index (κ3) is 2.30. The highest BCUT2D eigenvalue weighted by molar-refractivity contribution is 7.16. The van der Waals surface area contributed by atoms with E-state index in [9.17, 15) is 0 Å². The quantitative estimate of drug-likeness (QED) is 0.593. The number of nitrogens with two attached hydrogens (primary N) is 1. The number of hydrazine groups is 1. The van der Waals surface area contributed by atoms with Crippen LogP contribution in [0, 0.1) is 6.92 Å². The van der Waals surface area contributed by atoms with Crippen LogP contribution in [0.25, 0.3) is 0 Å². The number of likely N-dealkylation sites (tertiary alicyclic amines) is 1. The van der Waals surface area contributed by atoms with Crippen LogP contribution >= 0.6 is 11.3 Å². The standard InChI is InChI=1S/C10H18N4S/c1-7-9(13-11)15-10(12-7)8-4-3-5-14(2)6-8/h8,13H,3-6,11H2,1-2H3. The van der Waals surface area contributed by atoms with Gasteiger partial charge in [-0.1, -0.05) is 11.3 Å². The van der Waals surface area contributed by atoms with Crippen molar-refractivity contribution in [3.8, 4) is 0 Å². The molecule has 1 aromatic heterocycles. The molecule has 1 aliphatic heterocycles. The molecule has 0 aliphatic carbocycles. The van der Waals surface area contributed by atoms with Crippen LogP contribution in [0.1, 0.15) is 29.5 Å². The molecule has 1 unspecified atom stereocenters. The Kier molecular flexibility index (Phi) is 3.23. The molecule has 4 nitrogen and oxygen atoms in total. The summed E-state index contributed by atoms with van der Waals surface area (Å²) in [6.07, 6.45) is 2.52. The molecule has 3 N–H and O–H groups in total. The van der Waals surface area contributed by atoms with E-state index in [1.54, 1.807) is 11.3 Å². The second kappa shape index (κ2) is 4.47. The molecule has 1 fully saturated rings. The monoisotopic (exact) mass is 226 g/mol. The first-order valence-electron chi connectivity index (χ1n) is 5.33. The van der Waals surface area contributed by atoms with Gasteiger partial charge in [0.2, 0.25) is 0 Å². The van der Waals surface area contributed by atoms with Gasteiger partial charge in [-0.3, -0.25) is 0 Å². The Bertz CT molecular complexity index is 336. The molecular weight excluding hydrogens is 208 g/mol. The fraction of sp³-hybridized carbons (Fsp3) is 0.700. The normalized spacial score (nSPS) is 23.0. The van der Waals surface area contributed by atoms with E-state index in [0.29, 0.717) is 5.92 Å². The van der Waals surface area contributed by atoms with Crippen molar-refractivity contribution in [3.63, 3.8) is 0 Å². The summed E-state index contributed by atoms with van der Waals surface area (Å²) < 4.78 is 0. The van der Waals surface area contributed by atoms with Gasteiger partial charge in [0.15, 0.2) is 0 Å². The summed E-state index contributed by atoms with van der Waals surface area (Å²) in [6, 6.07) is 0. The fourth-order valence-electron chi connectivity index (χ4n) is 2.09. The van der Waals surface area contributed by atoms with Crippen LogP contribution in [0.15, 0.2) is 0 Å². The van der Waals surface area contributed by atoms with Crippen molar-refractivity contribution < 1.29 is 0 Å². The summed E-state index contributed by atoms with van der Waals surface area (Å²) in [6.45, 7) is 4.33. The SMILES string of the molecule is Cc1nc(C2CCCN(C)C2)sc1NN. The predicted molar refractivity (Wildman–Crippen MR) is 64.1 cm³/mol. The molecule has 1 atom stereocenters. The lowest BCUT2D eigenvalue weighted by atomic mass is 9.99. The third-order valence-electron chi connectivity index (χ3n) is 2.92. The van der Waals surface area contributed by atoms with Crippen LogP contribution in [-0.2, 0) is 0 Å². The Balaban J connectivity index is 2.14. The van der Waals surface area contributed by atoms with Gasteiger partial charge in [-0.25, -0.2) is 10.8 Å². The summed E-state index contributed by atoms with van der Waals surface area (Å²) in [5.41, 5.74) is 3.73. The first kappa shape index (κ1) is 10.9. The zero-order valence-corrected chi connectivity index (χ0v) is 10.1. The van der Waals surface area contributed by atoms with Gasteiger partial charge in [-0.05, 0) is 33.4 Å². The lowest BCUT2D eigenvalue weighted by Gasteiger charge is -2.28. The van der Waals surface area contributed by atoms with Gasteiger partial charge in [0, 0.05) is 12.5 Å². The third-order valence-corrected chi connectivity index (χ3v) is 4.17. The van der Waals surface area contributed by atoms with Gasteiger partial charge < -0.3 is 10.3 Å². The maximum Gasteiger partial charge on any atom is 0.126 e. The van der Waals surface area contributed by atoms with Crippen LogP contribution in [0.3, 0.4) is 0 Å².